The van der Waals surface area contributed by atoms with E-state index < -0.39 is 0 Å². The van der Waals surface area contributed by atoms with Crippen LogP contribution in [0.5, 0.6) is 0 Å². The first-order valence-electron chi connectivity index (χ1n) is 6.01. The third kappa shape index (κ3) is 1.09. The summed E-state index contributed by atoms with van der Waals surface area (Å²) in [5.74, 6) is 5.08. The monoisotopic (exact) mass is 179 g/mol. The molecule has 0 aromatic carbocycles. The van der Waals surface area contributed by atoms with Crippen LogP contribution >= 0.6 is 0 Å². The maximum Gasteiger partial charge on any atom is 0.00441 e. The molecular formula is C12H21N. The van der Waals surface area contributed by atoms with E-state index in [0.29, 0.717) is 6.04 Å². The lowest BCUT2D eigenvalue weighted by atomic mass is 9.62. The molecule has 2 N–H and O–H groups in total. The van der Waals surface area contributed by atoms with E-state index in [1.54, 1.807) is 6.42 Å². The number of hydrogen-bond acceptors (Lipinski definition) is 1. The van der Waals surface area contributed by atoms with Crippen molar-refractivity contribution >= 4 is 0 Å². The fraction of sp³-hybridized carbons (Fsp3) is 1.00. The van der Waals surface area contributed by atoms with Crippen LogP contribution in [0.2, 0.25) is 0 Å². The van der Waals surface area contributed by atoms with E-state index in [0.717, 1.165) is 29.6 Å². The Balaban J connectivity index is 1.90. The molecule has 3 fully saturated rings. The summed E-state index contributed by atoms with van der Waals surface area (Å²) in [5.41, 5.74) is 6.14. The van der Waals surface area contributed by atoms with Crippen molar-refractivity contribution in [3.63, 3.8) is 0 Å². The van der Waals surface area contributed by atoms with Gasteiger partial charge in [-0.15, -0.1) is 0 Å². The fourth-order valence-corrected chi connectivity index (χ4v) is 4.76. The maximum absolute atomic E-state index is 6.14. The standard InChI is InChI=1S/C12H21N/c1-7(13)12-10-3-2-9-4-8(5-10)6-11(9)12/h7-12H,2-6,13H2,1H3/t7-,8-,9+,10-,11+,12-/m0/s1. The molecule has 13 heavy (non-hydrogen) atoms. The summed E-state index contributed by atoms with van der Waals surface area (Å²) in [6.45, 7) is 2.23. The highest BCUT2D eigenvalue weighted by molar-refractivity contribution is 5.01. The minimum absolute atomic E-state index is 0.455. The number of rotatable bonds is 1. The van der Waals surface area contributed by atoms with Crippen molar-refractivity contribution in [1.29, 1.82) is 0 Å². The normalized spacial score (nSPS) is 55.4. The van der Waals surface area contributed by atoms with Gasteiger partial charge in [0.05, 0.1) is 0 Å². The Morgan fingerprint density at radius 3 is 2.54 bits per heavy atom. The Morgan fingerprint density at radius 1 is 1.08 bits per heavy atom. The third-order valence-corrected chi connectivity index (χ3v) is 5.04. The molecule has 0 aliphatic heterocycles. The summed E-state index contributed by atoms with van der Waals surface area (Å²) in [4.78, 5) is 0. The van der Waals surface area contributed by atoms with Crippen LogP contribution in [-0.2, 0) is 0 Å². The van der Waals surface area contributed by atoms with Crippen molar-refractivity contribution in [3.05, 3.63) is 0 Å². The average Bonchev–Trinajstić information content (AvgIpc) is 2.27. The van der Waals surface area contributed by atoms with Gasteiger partial charge in [-0.2, -0.15) is 0 Å². The van der Waals surface area contributed by atoms with Crippen LogP contribution in [-0.4, -0.2) is 6.04 Å². The second kappa shape index (κ2) is 2.73. The summed E-state index contributed by atoms with van der Waals surface area (Å²) >= 11 is 0. The first-order valence-corrected chi connectivity index (χ1v) is 6.01. The third-order valence-electron chi connectivity index (χ3n) is 5.04. The van der Waals surface area contributed by atoms with E-state index in [4.69, 9.17) is 5.73 Å². The van der Waals surface area contributed by atoms with Crippen molar-refractivity contribution < 1.29 is 0 Å². The molecule has 1 heteroatoms. The van der Waals surface area contributed by atoms with E-state index in [1.165, 1.54) is 25.7 Å². The Kier molecular flexibility index (Phi) is 1.74. The van der Waals surface area contributed by atoms with E-state index in [9.17, 15) is 0 Å². The molecule has 3 bridgehead atoms. The molecule has 3 rings (SSSR count). The van der Waals surface area contributed by atoms with Gasteiger partial charge in [-0.1, -0.05) is 0 Å². The van der Waals surface area contributed by atoms with Gasteiger partial charge in [0.1, 0.15) is 0 Å². The van der Waals surface area contributed by atoms with Crippen molar-refractivity contribution in [1.82, 2.24) is 0 Å². The van der Waals surface area contributed by atoms with E-state index >= 15 is 0 Å². The topological polar surface area (TPSA) is 26.0 Å². The first-order chi connectivity index (χ1) is 6.25. The highest BCUT2D eigenvalue weighted by Gasteiger charge is 2.50. The van der Waals surface area contributed by atoms with Crippen molar-refractivity contribution in [2.24, 2.45) is 35.3 Å². The smallest absolute Gasteiger partial charge is 0.00441 e. The zero-order valence-electron chi connectivity index (χ0n) is 8.58. The Morgan fingerprint density at radius 2 is 1.77 bits per heavy atom. The molecule has 0 aromatic rings. The quantitative estimate of drug-likeness (QED) is 0.657. The summed E-state index contributed by atoms with van der Waals surface area (Å²) in [5, 5.41) is 0. The Bertz CT molecular complexity index is 211. The predicted molar refractivity (Wildman–Crippen MR) is 54.2 cm³/mol. The molecule has 0 heterocycles. The largest absolute Gasteiger partial charge is 0.328 e. The molecule has 3 saturated carbocycles. The molecule has 0 spiro atoms. The summed E-state index contributed by atoms with van der Waals surface area (Å²) in [6, 6.07) is 0.455. The van der Waals surface area contributed by atoms with Gasteiger partial charge in [0.2, 0.25) is 0 Å². The van der Waals surface area contributed by atoms with Crippen LogP contribution < -0.4 is 5.73 Å². The molecule has 3 aliphatic rings. The van der Waals surface area contributed by atoms with Crippen LogP contribution in [0.15, 0.2) is 0 Å². The van der Waals surface area contributed by atoms with E-state index in [1.807, 2.05) is 0 Å². The zero-order chi connectivity index (χ0) is 9.00. The van der Waals surface area contributed by atoms with Crippen molar-refractivity contribution in [2.75, 3.05) is 0 Å². The number of nitrogens with two attached hydrogens (primary N) is 1. The summed E-state index contributed by atoms with van der Waals surface area (Å²) in [7, 11) is 0. The van der Waals surface area contributed by atoms with E-state index in [-0.39, 0.29) is 0 Å². The SMILES string of the molecule is C[C@H](N)[C@H]1[C@H]2CC[C@@H]3C[C@@H](C2)C[C@H]31. The van der Waals surface area contributed by atoms with Gasteiger partial charge in [0.25, 0.3) is 0 Å². The van der Waals surface area contributed by atoms with Gasteiger partial charge in [-0.25, -0.2) is 0 Å². The molecule has 6 atom stereocenters. The lowest BCUT2D eigenvalue weighted by Crippen LogP contribution is -2.43. The van der Waals surface area contributed by atoms with Gasteiger partial charge in [-0.05, 0) is 68.6 Å². The number of hydrogen-bond donors (Lipinski definition) is 1. The molecule has 0 aromatic heterocycles. The molecule has 3 aliphatic carbocycles. The summed E-state index contributed by atoms with van der Waals surface area (Å²) in [6.07, 6.45) is 7.59. The van der Waals surface area contributed by atoms with Crippen LogP contribution in [0.4, 0.5) is 0 Å². The van der Waals surface area contributed by atoms with Gasteiger partial charge in [0.15, 0.2) is 0 Å². The molecule has 0 radical (unpaired) electrons. The fourth-order valence-electron chi connectivity index (χ4n) is 4.76. The van der Waals surface area contributed by atoms with Crippen molar-refractivity contribution in [2.45, 2.75) is 45.1 Å². The van der Waals surface area contributed by atoms with E-state index in [2.05, 4.69) is 6.92 Å². The Labute approximate surface area is 81.1 Å². The second-order valence-electron chi connectivity index (χ2n) is 5.77. The molecule has 0 amide bonds. The molecule has 74 valence electrons. The van der Waals surface area contributed by atoms with Crippen LogP contribution in [0.25, 0.3) is 0 Å². The molecular weight excluding hydrogens is 158 g/mol. The molecule has 1 nitrogen and oxygen atoms in total. The molecule has 0 saturated heterocycles. The Hall–Kier alpha value is -0.0400. The minimum Gasteiger partial charge on any atom is -0.328 e. The highest BCUT2D eigenvalue weighted by atomic mass is 14.7. The van der Waals surface area contributed by atoms with Gasteiger partial charge in [0, 0.05) is 6.04 Å². The lowest BCUT2D eigenvalue weighted by molar-refractivity contribution is 0.0663. The minimum atomic E-state index is 0.455. The zero-order valence-corrected chi connectivity index (χ0v) is 8.58. The van der Waals surface area contributed by atoms with Crippen molar-refractivity contribution in [3.8, 4) is 0 Å². The van der Waals surface area contributed by atoms with Crippen LogP contribution in [0, 0.1) is 29.6 Å². The highest BCUT2D eigenvalue weighted by Crippen LogP contribution is 2.58. The second-order valence-corrected chi connectivity index (χ2v) is 5.77. The summed E-state index contributed by atoms with van der Waals surface area (Å²) < 4.78 is 0. The van der Waals surface area contributed by atoms with Gasteiger partial charge >= 0.3 is 0 Å². The van der Waals surface area contributed by atoms with Gasteiger partial charge in [-0.3, -0.25) is 0 Å². The van der Waals surface area contributed by atoms with Crippen LogP contribution in [0.1, 0.15) is 39.0 Å². The average molecular weight is 179 g/mol. The lowest BCUT2D eigenvalue weighted by Gasteiger charge is -2.44. The number of fused-ring (bicyclic) bond motifs is 2. The maximum atomic E-state index is 6.14. The predicted octanol–water partition coefficient (Wildman–Crippen LogP) is 2.41. The van der Waals surface area contributed by atoms with Gasteiger partial charge < -0.3 is 5.73 Å². The van der Waals surface area contributed by atoms with Crippen LogP contribution in [0.3, 0.4) is 0 Å². The molecule has 0 unspecified atom stereocenters. The first kappa shape index (κ1) is 8.28.